The van der Waals surface area contributed by atoms with Crippen molar-refractivity contribution in [1.29, 1.82) is 0 Å². The number of hydrogen-bond acceptors (Lipinski definition) is 3. The van der Waals surface area contributed by atoms with Crippen LogP contribution in [0, 0.1) is 11.8 Å². The SMILES string of the molecule is CCCOC(=O)C(C)CNCC(C)CC. The van der Waals surface area contributed by atoms with Crippen molar-refractivity contribution >= 4 is 5.97 Å². The second-order valence-corrected chi connectivity index (χ2v) is 4.24. The van der Waals surface area contributed by atoms with E-state index in [4.69, 9.17) is 4.74 Å². The van der Waals surface area contributed by atoms with Gasteiger partial charge in [-0.05, 0) is 18.9 Å². The van der Waals surface area contributed by atoms with E-state index in [-0.39, 0.29) is 11.9 Å². The molecule has 3 nitrogen and oxygen atoms in total. The Labute approximate surface area is 93.6 Å². The molecule has 0 saturated carbocycles. The number of rotatable bonds is 8. The first-order valence-corrected chi connectivity index (χ1v) is 5.99. The summed E-state index contributed by atoms with van der Waals surface area (Å²) in [5.41, 5.74) is 0. The van der Waals surface area contributed by atoms with Gasteiger partial charge in [-0.2, -0.15) is 0 Å². The molecule has 0 spiro atoms. The van der Waals surface area contributed by atoms with Crippen molar-refractivity contribution < 1.29 is 9.53 Å². The molecule has 0 saturated heterocycles. The van der Waals surface area contributed by atoms with Gasteiger partial charge in [-0.1, -0.05) is 34.1 Å². The Hall–Kier alpha value is -0.570. The lowest BCUT2D eigenvalue weighted by atomic mass is 10.1. The summed E-state index contributed by atoms with van der Waals surface area (Å²) >= 11 is 0. The van der Waals surface area contributed by atoms with Crippen LogP contribution in [0.2, 0.25) is 0 Å². The van der Waals surface area contributed by atoms with E-state index in [0.717, 1.165) is 13.0 Å². The van der Waals surface area contributed by atoms with Gasteiger partial charge in [-0.15, -0.1) is 0 Å². The van der Waals surface area contributed by atoms with Crippen LogP contribution in [0.4, 0.5) is 0 Å². The Morgan fingerprint density at radius 2 is 1.93 bits per heavy atom. The van der Waals surface area contributed by atoms with Gasteiger partial charge >= 0.3 is 5.97 Å². The highest BCUT2D eigenvalue weighted by Crippen LogP contribution is 2.00. The van der Waals surface area contributed by atoms with Crippen LogP contribution >= 0.6 is 0 Å². The van der Waals surface area contributed by atoms with Gasteiger partial charge in [0.2, 0.25) is 0 Å². The second kappa shape index (κ2) is 8.72. The summed E-state index contributed by atoms with van der Waals surface area (Å²) in [7, 11) is 0. The van der Waals surface area contributed by atoms with Crippen molar-refractivity contribution in [2.24, 2.45) is 11.8 Å². The van der Waals surface area contributed by atoms with E-state index in [1.807, 2.05) is 13.8 Å². The molecule has 0 bridgehead atoms. The minimum Gasteiger partial charge on any atom is -0.465 e. The first-order chi connectivity index (χ1) is 7.11. The van der Waals surface area contributed by atoms with Crippen molar-refractivity contribution in [3.8, 4) is 0 Å². The van der Waals surface area contributed by atoms with Crippen LogP contribution in [0.5, 0.6) is 0 Å². The maximum absolute atomic E-state index is 11.4. The standard InChI is InChI=1S/C12H25NO2/c1-5-7-15-12(14)11(4)9-13-8-10(3)6-2/h10-11,13H,5-9H2,1-4H3. The Kier molecular flexibility index (Phi) is 8.38. The van der Waals surface area contributed by atoms with Gasteiger partial charge in [0.25, 0.3) is 0 Å². The third-order valence-corrected chi connectivity index (χ3v) is 2.49. The summed E-state index contributed by atoms with van der Waals surface area (Å²) < 4.78 is 5.06. The van der Waals surface area contributed by atoms with Crippen LogP contribution in [0.1, 0.15) is 40.5 Å². The molecule has 90 valence electrons. The van der Waals surface area contributed by atoms with Gasteiger partial charge in [-0.25, -0.2) is 0 Å². The van der Waals surface area contributed by atoms with Gasteiger partial charge in [0.1, 0.15) is 0 Å². The maximum atomic E-state index is 11.4. The number of carbonyl (C=O) groups excluding carboxylic acids is 1. The number of ether oxygens (including phenoxy) is 1. The third kappa shape index (κ3) is 7.37. The molecule has 0 amide bonds. The summed E-state index contributed by atoms with van der Waals surface area (Å²) in [5.74, 6) is 0.540. The zero-order valence-electron chi connectivity index (χ0n) is 10.5. The lowest BCUT2D eigenvalue weighted by Crippen LogP contribution is -2.30. The van der Waals surface area contributed by atoms with Crippen LogP contribution in [0.15, 0.2) is 0 Å². The average molecular weight is 215 g/mol. The smallest absolute Gasteiger partial charge is 0.309 e. The van der Waals surface area contributed by atoms with Gasteiger partial charge in [0, 0.05) is 6.54 Å². The molecule has 0 aromatic carbocycles. The monoisotopic (exact) mass is 215 g/mol. The molecular formula is C12H25NO2. The van der Waals surface area contributed by atoms with Crippen LogP contribution in [-0.2, 0) is 9.53 Å². The lowest BCUT2D eigenvalue weighted by molar-refractivity contribution is -0.147. The fourth-order valence-electron chi connectivity index (χ4n) is 1.12. The van der Waals surface area contributed by atoms with Crippen LogP contribution < -0.4 is 5.32 Å². The topological polar surface area (TPSA) is 38.3 Å². The van der Waals surface area contributed by atoms with Crippen LogP contribution in [0.3, 0.4) is 0 Å². The zero-order valence-corrected chi connectivity index (χ0v) is 10.5. The predicted octanol–water partition coefficient (Wildman–Crippen LogP) is 2.21. The lowest BCUT2D eigenvalue weighted by Gasteiger charge is -2.14. The molecule has 15 heavy (non-hydrogen) atoms. The van der Waals surface area contributed by atoms with E-state index < -0.39 is 0 Å². The van der Waals surface area contributed by atoms with E-state index in [1.54, 1.807) is 0 Å². The normalized spacial score (nSPS) is 14.7. The highest BCUT2D eigenvalue weighted by atomic mass is 16.5. The molecule has 0 aromatic rings. The van der Waals surface area contributed by atoms with Crippen molar-refractivity contribution in [2.75, 3.05) is 19.7 Å². The van der Waals surface area contributed by atoms with Crippen molar-refractivity contribution in [1.82, 2.24) is 5.32 Å². The summed E-state index contributed by atoms with van der Waals surface area (Å²) in [6, 6.07) is 0. The predicted molar refractivity (Wildman–Crippen MR) is 62.7 cm³/mol. The largest absolute Gasteiger partial charge is 0.465 e. The molecule has 0 rings (SSSR count). The summed E-state index contributed by atoms with van der Waals surface area (Å²) in [6.45, 7) is 10.5. The maximum Gasteiger partial charge on any atom is 0.309 e. The van der Waals surface area contributed by atoms with E-state index in [0.29, 0.717) is 19.1 Å². The molecule has 0 fully saturated rings. The molecule has 0 heterocycles. The van der Waals surface area contributed by atoms with Crippen molar-refractivity contribution in [3.05, 3.63) is 0 Å². The molecule has 0 aliphatic carbocycles. The second-order valence-electron chi connectivity index (χ2n) is 4.24. The zero-order chi connectivity index (χ0) is 11.7. The molecule has 0 aliphatic rings. The minimum atomic E-state index is -0.0894. The molecule has 2 unspecified atom stereocenters. The fraction of sp³-hybridized carbons (Fsp3) is 0.917. The summed E-state index contributed by atoms with van der Waals surface area (Å²) in [4.78, 5) is 11.4. The Morgan fingerprint density at radius 3 is 2.47 bits per heavy atom. The number of esters is 1. The van der Waals surface area contributed by atoms with Crippen molar-refractivity contribution in [3.63, 3.8) is 0 Å². The highest BCUT2D eigenvalue weighted by Gasteiger charge is 2.13. The molecule has 1 N–H and O–H groups in total. The molecule has 0 aromatic heterocycles. The van der Waals surface area contributed by atoms with Gasteiger partial charge in [-0.3, -0.25) is 4.79 Å². The number of hydrogen-bond donors (Lipinski definition) is 1. The number of carbonyl (C=O) groups is 1. The van der Waals surface area contributed by atoms with E-state index in [1.165, 1.54) is 6.42 Å². The van der Waals surface area contributed by atoms with Gasteiger partial charge < -0.3 is 10.1 Å². The quantitative estimate of drug-likeness (QED) is 0.631. The van der Waals surface area contributed by atoms with Crippen LogP contribution in [-0.4, -0.2) is 25.7 Å². The van der Waals surface area contributed by atoms with Gasteiger partial charge in [0.15, 0.2) is 0 Å². The molecule has 3 heteroatoms. The van der Waals surface area contributed by atoms with Crippen LogP contribution in [0.25, 0.3) is 0 Å². The Bertz CT molecular complexity index is 171. The Balaban J connectivity index is 3.55. The molecule has 0 aliphatic heterocycles. The first-order valence-electron chi connectivity index (χ1n) is 5.99. The van der Waals surface area contributed by atoms with E-state index in [9.17, 15) is 4.79 Å². The fourth-order valence-corrected chi connectivity index (χ4v) is 1.12. The molecular weight excluding hydrogens is 190 g/mol. The van der Waals surface area contributed by atoms with E-state index >= 15 is 0 Å². The van der Waals surface area contributed by atoms with Gasteiger partial charge in [0.05, 0.1) is 12.5 Å². The average Bonchev–Trinajstić information content (AvgIpc) is 2.25. The Morgan fingerprint density at radius 1 is 1.27 bits per heavy atom. The molecule has 2 atom stereocenters. The first kappa shape index (κ1) is 14.4. The molecule has 0 radical (unpaired) electrons. The van der Waals surface area contributed by atoms with Crippen molar-refractivity contribution in [2.45, 2.75) is 40.5 Å². The summed E-state index contributed by atoms with van der Waals surface area (Å²) in [6.07, 6.45) is 2.06. The number of nitrogens with one attached hydrogen (secondary N) is 1. The third-order valence-electron chi connectivity index (χ3n) is 2.49. The minimum absolute atomic E-state index is 0.0411. The van der Waals surface area contributed by atoms with E-state index in [2.05, 4.69) is 19.2 Å². The highest BCUT2D eigenvalue weighted by molar-refractivity contribution is 5.72. The summed E-state index contributed by atoms with van der Waals surface area (Å²) in [5, 5.41) is 3.29.